The third kappa shape index (κ3) is 5.10. The lowest BCUT2D eigenvalue weighted by molar-refractivity contribution is -0.131. The second-order valence-corrected chi connectivity index (χ2v) is 9.37. The first-order valence-electron chi connectivity index (χ1n) is 7.64. The van der Waals surface area contributed by atoms with Gasteiger partial charge in [0.05, 0.1) is 0 Å². The Morgan fingerprint density at radius 3 is 2.29 bits per heavy atom. The molecule has 9 heteroatoms. The van der Waals surface area contributed by atoms with Crippen molar-refractivity contribution in [1.82, 2.24) is 13.5 Å². The van der Waals surface area contributed by atoms with Gasteiger partial charge in [-0.05, 0) is 24.3 Å². The van der Waals surface area contributed by atoms with E-state index < -0.39 is 10.2 Å². The second kappa shape index (κ2) is 8.53. The van der Waals surface area contributed by atoms with Crippen LogP contribution >= 0.6 is 23.4 Å². The van der Waals surface area contributed by atoms with Gasteiger partial charge >= 0.3 is 0 Å². The number of hydrogen-bond acceptors (Lipinski definition) is 4. The van der Waals surface area contributed by atoms with Gasteiger partial charge in [-0.15, -0.1) is 11.8 Å². The molecule has 1 fully saturated rings. The van der Waals surface area contributed by atoms with Gasteiger partial charge in [-0.3, -0.25) is 4.79 Å². The topological polar surface area (TPSA) is 60.9 Å². The normalized spacial score (nSPS) is 16.6. The smallest absolute Gasteiger partial charge is 0.281 e. The summed E-state index contributed by atoms with van der Waals surface area (Å²) >= 11 is 7.45. The van der Waals surface area contributed by atoms with Crippen LogP contribution in [-0.4, -0.2) is 73.9 Å². The number of hydrogen-bond donors (Lipinski definition) is 0. The Morgan fingerprint density at radius 1 is 1.17 bits per heavy atom. The molecule has 1 aromatic carbocycles. The van der Waals surface area contributed by atoms with Gasteiger partial charge in [-0.25, -0.2) is 0 Å². The van der Waals surface area contributed by atoms with Gasteiger partial charge in [0.25, 0.3) is 10.2 Å². The van der Waals surface area contributed by atoms with E-state index in [0.717, 1.165) is 4.90 Å². The summed E-state index contributed by atoms with van der Waals surface area (Å²) < 4.78 is 26.7. The molecule has 1 aliphatic heterocycles. The molecule has 0 N–H and O–H groups in total. The van der Waals surface area contributed by atoms with E-state index in [1.54, 1.807) is 16.7 Å². The summed E-state index contributed by atoms with van der Waals surface area (Å²) in [5.74, 6) is 0.759. The van der Waals surface area contributed by atoms with Crippen LogP contribution in [0.25, 0.3) is 0 Å². The fourth-order valence-electron chi connectivity index (χ4n) is 2.34. The zero-order chi connectivity index (χ0) is 17.7. The van der Waals surface area contributed by atoms with Crippen molar-refractivity contribution in [2.24, 2.45) is 0 Å². The van der Waals surface area contributed by atoms with E-state index in [2.05, 4.69) is 0 Å². The Labute approximate surface area is 152 Å². The Morgan fingerprint density at radius 2 is 1.75 bits per heavy atom. The first kappa shape index (κ1) is 19.5. The monoisotopic (exact) mass is 391 g/mol. The number of piperazine rings is 1. The first-order valence-corrected chi connectivity index (χ1v) is 10.4. The van der Waals surface area contributed by atoms with Crippen LogP contribution in [-0.2, 0) is 15.0 Å². The van der Waals surface area contributed by atoms with Gasteiger partial charge in [0, 0.05) is 62.4 Å². The van der Waals surface area contributed by atoms with Crippen LogP contribution in [0.4, 0.5) is 0 Å². The van der Waals surface area contributed by atoms with E-state index in [4.69, 9.17) is 11.6 Å². The predicted octanol–water partition coefficient (Wildman–Crippen LogP) is 1.77. The molecular weight excluding hydrogens is 370 g/mol. The van der Waals surface area contributed by atoms with Gasteiger partial charge in [0.2, 0.25) is 5.91 Å². The van der Waals surface area contributed by atoms with Crippen LogP contribution in [0.2, 0.25) is 5.02 Å². The molecule has 1 heterocycles. The molecule has 1 aliphatic rings. The minimum Gasteiger partial charge on any atom is -0.340 e. The molecule has 1 amide bonds. The van der Waals surface area contributed by atoms with Crippen LogP contribution in [0.15, 0.2) is 29.2 Å². The highest BCUT2D eigenvalue weighted by Crippen LogP contribution is 2.21. The number of halogens is 1. The molecule has 0 saturated carbocycles. The van der Waals surface area contributed by atoms with Gasteiger partial charge in [-0.2, -0.15) is 17.0 Å². The minimum atomic E-state index is -3.39. The predicted molar refractivity (Wildman–Crippen MR) is 97.6 cm³/mol. The molecular formula is C15H22ClN3O3S2. The Bertz CT molecular complexity index is 657. The summed E-state index contributed by atoms with van der Waals surface area (Å²) in [6.45, 7) is 1.57. The maximum atomic E-state index is 12.2. The maximum absolute atomic E-state index is 12.2. The van der Waals surface area contributed by atoms with Crippen molar-refractivity contribution >= 4 is 39.5 Å². The minimum absolute atomic E-state index is 0.0679. The maximum Gasteiger partial charge on any atom is 0.281 e. The average molecular weight is 392 g/mol. The third-order valence-electron chi connectivity index (χ3n) is 3.78. The molecule has 1 saturated heterocycles. The highest BCUT2D eigenvalue weighted by atomic mass is 35.5. The summed E-state index contributed by atoms with van der Waals surface area (Å²) in [5.41, 5.74) is 0. The molecule has 1 aromatic rings. The van der Waals surface area contributed by atoms with Crippen molar-refractivity contribution in [2.45, 2.75) is 11.3 Å². The van der Waals surface area contributed by atoms with Crippen LogP contribution < -0.4 is 0 Å². The van der Waals surface area contributed by atoms with Gasteiger partial charge in [0.15, 0.2) is 0 Å². The number of nitrogens with zero attached hydrogens (tertiary/aromatic N) is 3. The Balaban J connectivity index is 1.76. The number of thioether (sulfide) groups is 1. The van der Waals surface area contributed by atoms with Gasteiger partial charge in [0.1, 0.15) is 0 Å². The average Bonchev–Trinajstić information content (AvgIpc) is 2.56. The van der Waals surface area contributed by atoms with E-state index >= 15 is 0 Å². The van der Waals surface area contributed by atoms with E-state index in [1.807, 2.05) is 24.3 Å². The number of benzene rings is 1. The van der Waals surface area contributed by atoms with Crippen molar-refractivity contribution in [2.75, 3.05) is 46.0 Å². The van der Waals surface area contributed by atoms with Crippen molar-refractivity contribution in [3.63, 3.8) is 0 Å². The number of carbonyl (C=O) groups excluding carboxylic acids is 1. The molecule has 2 rings (SSSR count). The van der Waals surface area contributed by atoms with Crippen molar-refractivity contribution < 1.29 is 13.2 Å². The highest BCUT2D eigenvalue weighted by molar-refractivity contribution is 7.99. The Kier molecular flexibility index (Phi) is 6.94. The lowest BCUT2D eigenvalue weighted by Gasteiger charge is -2.35. The molecule has 0 aliphatic carbocycles. The second-order valence-electron chi connectivity index (χ2n) is 5.62. The molecule has 134 valence electrons. The largest absolute Gasteiger partial charge is 0.340 e. The summed E-state index contributed by atoms with van der Waals surface area (Å²) in [5, 5.41) is 0.695. The fraction of sp³-hybridized carbons (Fsp3) is 0.533. The van der Waals surface area contributed by atoms with E-state index in [0.29, 0.717) is 43.4 Å². The summed E-state index contributed by atoms with van der Waals surface area (Å²) in [6, 6.07) is 7.52. The van der Waals surface area contributed by atoms with Crippen LogP contribution in [0.5, 0.6) is 0 Å². The van der Waals surface area contributed by atoms with Crippen LogP contribution in [0.1, 0.15) is 6.42 Å². The molecule has 6 nitrogen and oxygen atoms in total. The zero-order valence-electron chi connectivity index (χ0n) is 13.8. The molecule has 24 heavy (non-hydrogen) atoms. The van der Waals surface area contributed by atoms with Gasteiger partial charge in [-0.1, -0.05) is 11.6 Å². The number of carbonyl (C=O) groups is 1. The summed E-state index contributed by atoms with van der Waals surface area (Å²) in [7, 11) is -0.362. The zero-order valence-corrected chi connectivity index (χ0v) is 16.2. The molecule has 0 atom stereocenters. The molecule has 0 radical (unpaired) electrons. The van der Waals surface area contributed by atoms with Crippen molar-refractivity contribution in [3.8, 4) is 0 Å². The fourth-order valence-corrected chi connectivity index (χ4v) is 4.40. The standard InChI is InChI=1S/C15H22ClN3O3S2/c1-17(2)24(21,22)19-10-8-18(9-11-19)15(20)7-12-23-14-5-3-13(16)4-6-14/h3-6H,7-12H2,1-2H3. The van der Waals surface area contributed by atoms with E-state index in [-0.39, 0.29) is 5.91 Å². The quantitative estimate of drug-likeness (QED) is 0.693. The van der Waals surface area contributed by atoms with Crippen molar-refractivity contribution in [1.29, 1.82) is 0 Å². The molecule has 0 aromatic heterocycles. The SMILES string of the molecule is CN(C)S(=O)(=O)N1CCN(C(=O)CCSc2ccc(Cl)cc2)CC1. The van der Waals surface area contributed by atoms with Crippen LogP contribution in [0, 0.1) is 0 Å². The first-order chi connectivity index (χ1) is 11.3. The van der Waals surface area contributed by atoms with E-state index in [9.17, 15) is 13.2 Å². The lowest BCUT2D eigenvalue weighted by Crippen LogP contribution is -2.53. The van der Waals surface area contributed by atoms with Crippen LogP contribution in [0.3, 0.4) is 0 Å². The van der Waals surface area contributed by atoms with Gasteiger partial charge < -0.3 is 4.90 Å². The lowest BCUT2D eigenvalue weighted by atomic mass is 10.3. The number of amides is 1. The molecule has 0 spiro atoms. The van der Waals surface area contributed by atoms with Crippen molar-refractivity contribution in [3.05, 3.63) is 29.3 Å². The van der Waals surface area contributed by atoms with E-state index in [1.165, 1.54) is 22.7 Å². The molecule has 0 unspecified atom stereocenters. The summed E-state index contributed by atoms with van der Waals surface area (Å²) in [6.07, 6.45) is 0.438. The number of rotatable bonds is 6. The summed E-state index contributed by atoms with van der Waals surface area (Å²) in [4.78, 5) is 15.1. The molecule has 0 bridgehead atoms. The third-order valence-corrected chi connectivity index (χ3v) is 6.98. The Hall–Kier alpha value is -0.800. The highest BCUT2D eigenvalue weighted by Gasteiger charge is 2.29.